The van der Waals surface area contributed by atoms with Gasteiger partial charge < -0.3 is 5.11 Å². The summed E-state index contributed by atoms with van der Waals surface area (Å²) in [5.41, 5.74) is 5.90. The summed E-state index contributed by atoms with van der Waals surface area (Å²) in [6, 6.07) is 11.8. The molecule has 1 unspecified atom stereocenters. The molecule has 0 spiro atoms. The second-order valence-electron chi connectivity index (χ2n) is 7.03. The molecule has 1 aliphatic rings. The van der Waals surface area contributed by atoms with Crippen LogP contribution in [0.2, 0.25) is 10.0 Å². The number of hydrogen-bond donors (Lipinski definition) is 3. The molecule has 0 saturated heterocycles. The number of nitrogens with one attached hydrogen (secondary N) is 1. The van der Waals surface area contributed by atoms with Gasteiger partial charge >= 0.3 is 0 Å². The fourth-order valence-corrected chi connectivity index (χ4v) is 4.47. The van der Waals surface area contributed by atoms with E-state index in [0.717, 1.165) is 30.5 Å². The van der Waals surface area contributed by atoms with Gasteiger partial charge in [0.1, 0.15) is 0 Å². The Morgan fingerprint density at radius 1 is 1.21 bits per heavy atom. The number of rotatable bonds is 8. The van der Waals surface area contributed by atoms with Crippen LogP contribution in [0.4, 0.5) is 0 Å². The molecule has 1 amide bonds. The highest BCUT2D eigenvalue weighted by molar-refractivity contribution is 6.35. The van der Waals surface area contributed by atoms with Gasteiger partial charge in [-0.15, -0.1) is 0 Å². The number of benzene rings is 2. The first-order valence-electron chi connectivity index (χ1n) is 9.56. The zero-order valence-electron chi connectivity index (χ0n) is 15.9. The highest BCUT2D eigenvalue weighted by Crippen LogP contribution is 2.37. The summed E-state index contributed by atoms with van der Waals surface area (Å²) in [6.45, 7) is 1.40. The van der Waals surface area contributed by atoms with E-state index in [1.165, 1.54) is 17.2 Å². The van der Waals surface area contributed by atoms with Gasteiger partial charge in [-0.3, -0.25) is 14.9 Å². The van der Waals surface area contributed by atoms with Crippen molar-refractivity contribution < 1.29 is 15.1 Å². The number of hydroxylamine groups is 1. The van der Waals surface area contributed by atoms with Crippen molar-refractivity contribution in [3.63, 3.8) is 0 Å². The number of halogens is 2. The van der Waals surface area contributed by atoms with Crippen LogP contribution in [0.25, 0.3) is 6.08 Å². The Morgan fingerprint density at radius 3 is 2.66 bits per heavy atom. The smallest absolute Gasteiger partial charge is 0.267 e. The maximum absolute atomic E-state index is 11.2. The summed E-state index contributed by atoms with van der Waals surface area (Å²) in [4.78, 5) is 13.4. The maximum Gasteiger partial charge on any atom is 0.267 e. The summed E-state index contributed by atoms with van der Waals surface area (Å²) in [6.07, 6.45) is 5.57. The quantitative estimate of drug-likeness (QED) is 0.333. The molecular formula is C22H24Cl2N2O3. The van der Waals surface area contributed by atoms with Crippen LogP contribution >= 0.6 is 23.2 Å². The molecule has 3 N–H and O–H groups in total. The molecule has 7 heteroatoms. The van der Waals surface area contributed by atoms with Gasteiger partial charge in [0.05, 0.1) is 6.61 Å². The van der Waals surface area contributed by atoms with Crippen molar-refractivity contribution in [1.29, 1.82) is 0 Å². The van der Waals surface area contributed by atoms with Crippen LogP contribution in [0, 0.1) is 0 Å². The predicted octanol–water partition coefficient (Wildman–Crippen LogP) is 4.04. The second kappa shape index (κ2) is 10.2. The monoisotopic (exact) mass is 434 g/mol. The lowest BCUT2D eigenvalue weighted by Crippen LogP contribution is -2.32. The molecule has 0 aromatic heterocycles. The van der Waals surface area contributed by atoms with Crippen molar-refractivity contribution in [2.24, 2.45) is 0 Å². The van der Waals surface area contributed by atoms with Crippen LogP contribution in [0.1, 0.15) is 34.7 Å². The van der Waals surface area contributed by atoms with E-state index >= 15 is 0 Å². The minimum absolute atomic E-state index is 0.0825. The molecular weight excluding hydrogens is 411 g/mol. The number of carbonyl (C=O) groups is 1. The van der Waals surface area contributed by atoms with Gasteiger partial charge in [0.2, 0.25) is 0 Å². The van der Waals surface area contributed by atoms with Crippen molar-refractivity contribution in [3.05, 3.63) is 74.8 Å². The molecule has 1 atom stereocenters. The van der Waals surface area contributed by atoms with Gasteiger partial charge in [-0.1, -0.05) is 47.5 Å². The van der Waals surface area contributed by atoms with E-state index in [4.69, 9.17) is 28.4 Å². The van der Waals surface area contributed by atoms with E-state index in [1.807, 2.05) is 24.3 Å². The van der Waals surface area contributed by atoms with E-state index < -0.39 is 5.91 Å². The van der Waals surface area contributed by atoms with Crippen molar-refractivity contribution >= 4 is 35.2 Å². The van der Waals surface area contributed by atoms with Gasteiger partial charge in [-0.2, -0.15) is 0 Å². The third-order valence-corrected chi connectivity index (χ3v) is 6.00. The van der Waals surface area contributed by atoms with Gasteiger partial charge in [0.15, 0.2) is 0 Å². The Bertz CT molecular complexity index is 881. The van der Waals surface area contributed by atoms with Crippen molar-refractivity contribution in [2.45, 2.75) is 25.3 Å². The van der Waals surface area contributed by atoms with Gasteiger partial charge in [0.25, 0.3) is 5.91 Å². The number of aliphatic hydroxyl groups is 1. The minimum atomic E-state index is -0.560. The Kier molecular flexibility index (Phi) is 7.70. The number of aryl methyl sites for hydroxylation is 1. The highest BCUT2D eigenvalue weighted by Gasteiger charge is 2.27. The molecule has 0 aliphatic heterocycles. The van der Waals surface area contributed by atoms with E-state index in [1.54, 1.807) is 11.6 Å². The number of nitrogens with zero attached hydrogens (tertiary/aromatic N) is 1. The van der Waals surface area contributed by atoms with E-state index in [-0.39, 0.29) is 12.6 Å². The Labute approximate surface area is 180 Å². The second-order valence-corrected chi connectivity index (χ2v) is 7.85. The standard InChI is InChI=1S/C22H24Cl2N2O3/c23-19-2-1-3-20(24)18(19)10-11-26(12-13-27)21-8-6-16-14-15(4-7-17(16)21)5-9-22(28)25-29/h1-5,7,9,14,21,27,29H,6,8,10-13H2,(H,25,28). The molecule has 29 heavy (non-hydrogen) atoms. The van der Waals surface area contributed by atoms with Gasteiger partial charge in [0, 0.05) is 35.3 Å². The largest absolute Gasteiger partial charge is 0.395 e. The van der Waals surface area contributed by atoms with Crippen LogP contribution in [0.15, 0.2) is 42.5 Å². The molecule has 5 nitrogen and oxygen atoms in total. The van der Waals surface area contributed by atoms with Crippen molar-refractivity contribution in [3.8, 4) is 0 Å². The lowest BCUT2D eigenvalue weighted by molar-refractivity contribution is -0.124. The Balaban J connectivity index is 1.75. The molecule has 0 heterocycles. The first kappa shape index (κ1) is 21.8. The van der Waals surface area contributed by atoms with Crippen LogP contribution in [-0.2, 0) is 17.6 Å². The van der Waals surface area contributed by atoms with Crippen molar-refractivity contribution in [2.75, 3.05) is 19.7 Å². The maximum atomic E-state index is 11.2. The molecule has 0 saturated carbocycles. The third kappa shape index (κ3) is 5.38. The first-order valence-corrected chi connectivity index (χ1v) is 10.3. The molecule has 0 fully saturated rings. The zero-order chi connectivity index (χ0) is 20.8. The van der Waals surface area contributed by atoms with Crippen LogP contribution < -0.4 is 5.48 Å². The molecule has 2 aromatic carbocycles. The topological polar surface area (TPSA) is 72.8 Å². The average molecular weight is 435 g/mol. The number of fused-ring (bicyclic) bond motifs is 1. The molecule has 154 valence electrons. The van der Waals surface area contributed by atoms with Crippen LogP contribution in [0.3, 0.4) is 0 Å². The van der Waals surface area contributed by atoms with Crippen molar-refractivity contribution in [1.82, 2.24) is 10.4 Å². The van der Waals surface area contributed by atoms with E-state index in [9.17, 15) is 9.90 Å². The SMILES string of the molecule is O=C(C=Cc1ccc2c(c1)CCC2N(CCO)CCc1c(Cl)cccc1Cl)NO. The van der Waals surface area contributed by atoms with Crippen LogP contribution in [0.5, 0.6) is 0 Å². The van der Waals surface area contributed by atoms with E-state index in [2.05, 4.69) is 17.0 Å². The fraction of sp³-hybridized carbons (Fsp3) is 0.318. The third-order valence-electron chi connectivity index (χ3n) is 5.29. The number of aliphatic hydroxyl groups excluding tert-OH is 1. The molecule has 1 aliphatic carbocycles. The predicted molar refractivity (Wildman–Crippen MR) is 115 cm³/mol. The number of carbonyl (C=O) groups excluding carboxylic acids is 1. The van der Waals surface area contributed by atoms with Gasteiger partial charge in [-0.25, -0.2) is 5.48 Å². The van der Waals surface area contributed by atoms with Crippen LogP contribution in [-0.4, -0.2) is 40.8 Å². The average Bonchev–Trinajstić information content (AvgIpc) is 3.14. The number of amides is 1. The Morgan fingerprint density at radius 2 is 1.97 bits per heavy atom. The lowest BCUT2D eigenvalue weighted by Gasteiger charge is -2.29. The summed E-state index contributed by atoms with van der Waals surface area (Å²) in [5.74, 6) is -0.560. The van der Waals surface area contributed by atoms with Gasteiger partial charge in [-0.05, 0) is 59.7 Å². The number of hydrogen-bond acceptors (Lipinski definition) is 4. The molecule has 0 radical (unpaired) electrons. The lowest BCUT2D eigenvalue weighted by atomic mass is 10.0. The molecule has 3 rings (SSSR count). The fourth-order valence-electron chi connectivity index (χ4n) is 3.89. The summed E-state index contributed by atoms with van der Waals surface area (Å²) in [5, 5.41) is 19.5. The highest BCUT2D eigenvalue weighted by atomic mass is 35.5. The first-order chi connectivity index (χ1) is 14.0. The normalized spacial score (nSPS) is 15.8. The summed E-state index contributed by atoms with van der Waals surface area (Å²) < 4.78 is 0. The molecule has 2 aromatic rings. The minimum Gasteiger partial charge on any atom is -0.395 e. The summed E-state index contributed by atoms with van der Waals surface area (Å²) in [7, 11) is 0. The van der Waals surface area contributed by atoms with E-state index in [0.29, 0.717) is 23.0 Å². The molecule has 0 bridgehead atoms. The zero-order valence-corrected chi connectivity index (χ0v) is 17.5. The Hall–Kier alpha value is -1.89. The summed E-state index contributed by atoms with van der Waals surface area (Å²) >= 11 is 12.6.